The molecule has 0 radical (unpaired) electrons. The van der Waals surface area contributed by atoms with Gasteiger partial charge in [0, 0.05) is 18.6 Å². The highest BCUT2D eigenvalue weighted by atomic mass is 16.7. The molecule has 1 saturated heterocycles. The standard InChI is InChI=1S/C16H25BN2O2/c1-9-14(18-10-2)19(11-3)12-13(4)17-20-15(5,6)16(7,8)21-17/h9-12H,1-3H2,4-8H3/b13-12+,18-14?. The second kappa shape index (κ2) is 6.45. The Balaban J connectivity index is 2.99. The third kappa shape index (κ3) is 3.74. The van der Waals surface area contributed by atoms with E-state index in [4.69, 9.17) is 9.31 Å². The molecule has 1 aliphatic heterocycles. The summed E-state index contributed by atoms with van der Waals surface area (Å²) in [5.41, 5.74) is 0.206. The van der Waals surface area contributed by atoms with Gasteiger partial charge in [0.2, 0.25) is 0 Å². The minimum Gasteiger partial charge on any atom is -0.400 e. The molecule has 0 bridgehead atoms. The summed E-state index contributed by atoms with van der Waals surface area (Å²) in [4.78, 5) is 5.90. The Kier molecular flexibility index (Phi) is 5.37. The highest BCUT2D eigenvalue weighted by molar-refractivity contribution is 6.54. The molecule has 0 saturated carbocycles. The highest BCUT2D eigenvalue weighted by Gasteiger charge is 2.51. The zero-order valence-corrected chi connectivity index (χ0v) is 13.7. The lowest BCUT2D eigenvalue weighted by atomic mass is 9.80. The van der Waals surface area contributed by atoms with Crippen LogP contribution < -0.4 is 0 Å². The average molecular weight is 288 g/mol. The topological polar surface area (TPSA) is 34.1 Å². The molecule has 0 aromatic rings. The van der Waals surface area contributed by atoms with Crippen LogP contribution in [0.15, 0.2) is 54.9 Å². The number of hydrogen-bond donors (Lipinski definition) is 0. The molecule has 0 aliphatic carbocycles. The third-order valence-electron chi connectivity index (χ3n) is 3.84. The maximum atomic E-state index is 6.01. The lowest BCUT2D eigenvalue weighted by molar-refractivity contribution is 0.00578. The van der Waals surface area contributed by atoms with E-state index in [9.17, 15) is 0 Å². The van der Waals surface area contributed by atoms with Crippen LogP contribution in [0.2, 0.25) is 0 Å². The second-order valence-corrected chi connectivity index (χ2v) is 5.93. The van der Waals surface area contributed by atoms with Crippen LogP contribution in [-0.4, -0.2) is 29.1 Å². The van der Waals surface area contributed by atoms with E-state index in [2.05, 4.69) is 24.7 Å². The minimum atomic E-state index is -0.396. The van der Waals surface area contributed by atoms with Crippen LogP contribution in [0.25, 0.3) is 0 Å². The first-order valence-electron chi connectivity index (χ1n) is 6.94. The Bertz CT molecular complexity index is 477. The summed E-state index contributed by atoms with van der Waals surface area (Å²) in [5, 5.41) is 0. The molecular weight excluding hydrogens is 263 g/mol. The van der Waals surface area contributed by atoms with E-state index in [0.29, 0.717) is 5.84 Å². The van der Waals surface area contributed by atoms with Gasteiger partial charge in [-0.05, 0) is 46.2 Å². The van der Waals surface area contributed by atoms with Crippen LogP contribution in [0.4, 0.5) is 0 Å². The third-order valence-corrected chi connectivity index (χ3v) is 3.84. The molecule has 0 atom stereocenters. The van der Waals surface area contributed by atoms with E-state index in [1.54, 1.807) is 17.2 Å². The van der Waals surface area contributed by atoms with E-state index in [1.807, 2.05) is 40.8 Å². The van der Waals surface area contributed by atoms with Crippen molar-refractivity contribution in [2.75, 3.05) is 0 Å². The summed E-state index contributed by atoms with van der Waals surface area (Å²) >= 11 is 0. The van der Waals surface area contributed by atoms with Crippen molar-refractivity contribution in [3.63, 3.8) is 0 Å². The zero-order chi connectivity index (χ0) is 16.3. The van der Waals surface area contributed by atoms with Gasteiger partial charge in [-0.3, -0.25) is 0 Å². The number of nitrogens with zero attached hydrogens (tertiary/aromatic N) is 2. The Morgan fingerprint density at radius 3 is 2.00 bits per heavy atom. The van der Waals surface area contributed by atoms with E-state index in [0.717, 1.165) is 5.47 Å². The summed E-state index contributed by atoms with van der Waals surface area (Å²) in [6, 6.07) is 0. The smallest absolute Gasteiger partial charge is 0.400 e. The predicted molar refractivity (Wildman–Crippen MR) is 89.7 cm³/mol. The lowest BCUT2D eigenvalue weighted by Crippen LogP contribution is -2.41. The molecule has 0 N–H and O–H groups in total. The van der Waals surface area contributed by atoms with Gasteiger partial charge in [-0.15, -0.1) is 0 Å². The van der Waals surface area contributed by atoms with E-state index < -0.39 is 7.12 Å². The fourth-order valence-electron chi connectivity index (χ4n) is 1.84. The van der Waals surface area contributed by atoms with Crippen molar-refractivity contribution in [1.82, 2.24) is 4.90 Å². The quantitative estimate of drug-likeness (QED) is 0.439. The number of amidine groups is 1. The first kappa shape index (κ1) is 17.5. The predicted octanol–water partition coefficient (Wildman–Crippen LogP) is 3.70. The van der Waals surface area contributed by atoms with Crippen LogP contribution in [0.1, 0.15) is 34.6 Å². The van der Waals surface area contributed by atoms with Crippen molar-refractivity contribution in [2.45, 2.75) is 45.8 Å². The van der Waals surface area contributed by atoms with Gasteiger partial charge in [0.1, 0.15) is 5.84 Å². The largest absolute Gasteiger partial charge is 0.491 e. The molecule has 0 aromatic heterocycles. The van der Waals surface area contributed by atoms with E-state index in [-0.39, 0.29) is 11.2 Å². The Morgan fingerprint density at radius 2 is 1.62 bits per heavy atom. The second-order valence-electron chi connectivity index (χ2n) is 5.93. The summed E-state index contributed by atoms with van der Waals surface area (Å²) in [6.07, 6.45) is 6.63. The molecule has 21 heavy (non-hydrogen) atoms. The van der Waals surface area contributed by atoms with E-state index >= 15 is 0 Å². The van der Waals surface area contributed by atoms with Gasteiger partial charge >= 0.3 is 7.12 Å². The van der Waals surface area contributed by atoms with Crippen LogP contribution in [0, 0.1) is 0 Å². The summed E-state index contributed by atoms with van der Waals surface area (Å²) < 4.78 is 12.0. The molecule has 0 spiro atoms. The lowest BCUT2D eigenvalue weighted by Gasteiger charge is -2.32. The van der Waals surface area contributed by atoms with Gasteiger partial charge in [0.05, 0.1) is 11.2 Å². The number of allylic oxidation sites excluding steroid dienone is 1. The van der Waals surface area contributed by atoms with Gasteiger partial charge < -0.3 is 14.2 Å². The molecule has 0 unspecified atom stereocenters. The fraction of sp³-hybridized carbons (Fsp3) is 0.438. The number of hydrogen-bond acceptors (Lipinski definition) is 3. The summed E-state index contributed by atoms with van der Waals surface area (Å²) in [6.45, 7) is 21.2. The highest BCUT2D eigenvalue weighted by Crippen LogP contribution is 2.38. The summed E-state index contributed by atoms with van der Waals surface area (Å²) in [7, 11) is -0.396. The molecule has 1 fully saturated rings. The molecule has 0 amide bonds. The molecule has 1 rings (SSSR count). The molecule has 5 heteroatoms. The Labute approximate surface area is 128 Å². The molecule has 4 nitrogen and oxygen atoms in total. The number of aliphatic imine (C=N–C) groups is 1. The minimum absolute atomic E-state index is 0.359. The molecule has 1 heterocycles. The molecule has 0 aromatic carbocycles. The average Bonchev–Trinajstić information content (AvgIpc) is 2.62. The monoisotopic (exact) mass is 288 g/mol. The van der Waals surface area contributed by atoms with Crippen molar-refractivity contribution in [3.8, 4) is 0 Å². The summed E-state index contributed by atoms with van der Waals surface area (Å²) in [5.74, 6) is 0.635. The maximum Gasteiger partial charge on any atom is 0.491 e. The zero-order valence-electron chi connectivity index (χ0n) is 13.7. The Morgan fingerprint density at radius 1 is 1.10 bits per heavy atom. The number of rotatable bonds is 5. The SMILES string of the molecule is C=CN=C(C=C)N(C=C)/C=C(\C)B1OC(C)(C)C(C)(C)O1. The molecule has 1 aliphatic rings. The van der Waals surface area contributed by atoms with Crippen molar-refractivity contribution in [3.05, 3.63) is 49.9 Å². The molecular formula is C16H25BN2O2. The van der Waals surface area contributed by atoms with Gasteiger partial charge in [0.25, 0.3) is 0 Å². The van der Waals surface area contributed by atoms with Gasteiger partial charge in [-0.1, -0.05) is 19.7 Å². The first-order chi connectivity index (χ1) is 9.68. The normalized spacial score (nSPS) is 21.1. The van der Waals surface area contributed by atoms with Gasteiger partial charge in [0.15, 0.2) is 0 Å². The fourth-order valence-corrected chi connectivity index (χ4v) is 1.84. The van der Waals surface area contributed by atoms with Crippen LogP contribution in [-0.2, 0) is 9.31 Å². The molecule has 114 valence electrons. The van der Waals surface area contributed by atoms with Gasteiger partial charge in [-0.2, -0.15) is 0 Å². The van der Waals surface area contributed by atoms with Crippen LogP contribution in [0.3, 0.4) is 0 Å². The Hall–Kier alpha value is -1.59. The van der Waals surface area contributed by atoms with Crippen molar-refractivity contribution < 1.29 is 9.31 Å². The van der Waals surface area contributed by atoms with Gasteiger partial charge in [-0.25, -0.2) is 4.99 Å². The maximum absolute atomic E-state index is 6.01. The van der Waals surface area contributed by atoms with Crippen molar-refractivity contribution >= 4 is 13.0 Å². The van der Waals surface area contributed by atoms with Crippen molar-refractivity contribution in [1.29, 1.82) is 0 Å². The van der Waals surface area contributed by atoms with Crippen LogP contribution in [0.5, 0.6) is 0 Å². The first-order valence-corrected chi connectivity index (χ1v) is 6.94. The van der Waals surface area contributed by atoms with Crippen molar-refractivity contribution in [2.24, 2.45) is 4.99 Å². The van der Waals surface area contributed by atoms with E-state index in [1.165, 1.54) is 6.20 Å². The van der Waals surface area contributed by atoms with Crippen LogP contribution >= 0.6 is 0 Å².